The lowest BCUT2D eigenvalue weighted by Crippen LogP contribution is -2.28. The van der Waals surface area contributed by atoms with Crippen LogP contribution in [0.4, 0.5) is 20.2 Å². The van der Waals surface area contributed by atoms with Crippen LogP contribution in [0.25, 0.3) is 0 Å². The third-order valence-corrected chi connectivity index (χ3v) is 4.37. The number of nitrogens with one attached hydrogen (secondary N) is 1. The van der Waals surface area contributed by atoms with E-state index in [1.54, 1.807) is 24.3 Å². The molecule has 0 spiro atoms. The van der Waals surface area contributed by atoms with E-state index in [2.05, 4.69) is 21.2 Å². The first kappa shape index (κ1) is 16.6. The Morgan fingerprint density at radius 1 is 1.12 bits per heavy atom. The van der Waals surface area contributed by atoms with Crippen LogP contribution in [0.15, 0.2) is 46.9 Å². The van der Waals surface area contributed by atoms with Crippen molar-refractivity contribution in [3.8, 4) is 0 Å². The van der Waals surface area contributed by atoms with Crippen molar-refractivity contribution < 1.29 is 18.4 Å². The molecule has 2 amide bonds. The van der Waals surface area contributed by atoms with Crippen LogP contribution in [0.1, 0.15) is 6.42 Å². The fourth-order valence-corrected chi connectivity index (χ4v) is 2.86. The van der Waals surface area contributed by atoms with Gasteiger partial charge in [0.2, 0.25) is 11.8 Å². The fraction of sp³-hybridized carbons (Fsp3) is 0.176. The van der Waals surface area contributed by atoms with E-state index in [1.807, 2.05) is 0 Å². The van der Waals surface area contributed by atoms with Gasteiger partial charge in [0.15, 0.2) is 0 Å². The molecular weight excluding hydrogens is 382 g/mol. The topological polar surface area (TPSA) is 49.4 Å². The van der Waals surface area contributed by atoms with Crippen molar-refractivity contribution in [2.24, 2.45) is 5.92 Å². The zero-order valence-corrected chi connectivity index (χ0v) is 14.0. The summed E-state index contributed by atoms with van der Waals surface area (Å²) in [5, 5.41) is 2.25. The molecule has 1 aliphatic heterocycles. The number of benzene rings is 2. The van der Waals surface area contributed by atoms with Crippen molar-refractivity contribution in [3.63, 3.8) is 0 Å². The van der Waals surface area contributed by atoms with Crippen molar-refractivity contribution in [2.45, 2.75) is 6.42 Å². The van der Waals surface area contributed by atoms with Gasteiger partial charge in [-0.3, -0.25) is 9.59 Å². The number of amides is 2. The minimum atomic E-state index is -0.850. The Hall–Kier alpha value is -2.28. The van der Waals surface area contributed by atoms with Crippen LogP contribution in [-0.2, 0) is 9.59 Å². The summed E-state index contributed by atoms with van der Waals surface area (Å²) in [6, 6.07) is 10.5. The molecule has 0 saturated carbocycles. The van der Waals surface area contributed by atoms with Crippen LogP contribution in [0.2, 0.25) is 0 Å². The fourth-order valence-electron chi connectivity index (χ4n) is 2.60. The highest BCUT2D eigenvalue weighted by Crippen LogP contribution is 2.28. The van der Waals surface area contributed by atoms with Crippen LogP contribution in [0.5, 0.6) is 0 Å². The number of hydrogen-bond acceptors (Lipinski definition) is 2. The molecule has 1 aliphatic rings. The van der Waals surface area contributed by atoms with Gasteiger partial charge in [-0.1, -0.05) is 22.0 Å². The Labute approximate surface area is 145 Å². The normalized spacial score (nSPS) is 17.2. The van der Waals surface area contributed by atoms with E-state index in [-0.39, 0.29) is 18.9 Å². The quantitative estimate of drug-likeness (QED) is 0.862. The van der Waals surface area contributed by atoms with Crippen molar-refractivity contribution in [1.29, 1.82) is 0 Å². The summed E-state index contributed by atoms with van der Waals surface area (Å²) in [5.41, 5.74) is 0.188. The maximum Gasteiger partial charge on any atom is 0.229 e. The first-order valence-corrected chi connectivity index (χ1v) is 8.06. The molecule has 0 aromatic heterocycles. The van der Waals surface area contributed by atoms with Crippen molar-refractivity contribution in [1.82, 2.24) is 0 Å². The van der Waals surface area contributed by atoms with E-state index in [0.717, 1.165) is 16.6 Å². The highest BCUT2D eigenvalue weighted by atomic mass is 79.9. The highest BCUT2D eigenvalue weighted by molar-refractivity contribution is 9.10. The van der Waals surface area contributed by atoms with Crippen LogP contribution in [0.3, 0.4) is 0 Å². The molecule has 7 heteroatoms. The third kappa shape index (κ3) is 3.31. The second-order valence-corrected chi connectivity index (χ2v) is 6.38. The summed E-state index contributed by atoms with van der Waals surface area (Å²) in [7, 11) is 0. The van der Waals surface area contributed by atoms with Gasteiger partial charge >= 0.3 is 0 Å². The average molecular weight is 395 g/mol. The molecule has 124 valence electrons. The van der Waals surface area contributed by atoms with E-state index in [1.165, 1.54) is 11.0 Å². The number of anilines is 2. The molecule has 1 saturated heterocycles. The third-order valence-electron chi connectivity index (χ3n) is 3.85. The molecule has 0 radical (unpaired) electrons. The maximum absolute atomic E-state index is 13.6. The molecule has 2 aromatic carbocycles. The van der Waals surface area contributed by atoms with E-state index in [4.69, 9.17) is 0 Å². The lowest BCUT2D eigenvalue weighted by molar-refractivity contribution is -0.122. The molecule has 3 rings (SSSR count). The number of carbonyl (C=O) groups excluding carboxylic acids is 2. The number of nitrogens with zero attached hydrogens (tertiary/aromatic N) is 1. The molecule has 2 aromatic rings. The maximum atomic E-state index is 13.6. The predicted octanol–water partition coefficient (Wildman–Crippen LogP) is 3.72. The van der Waals surface area contributed by atoms with E-state index in [9.17, 15) is 18.4 Å². The van der Waals surface area contributed by atoms with Gasteiger partial charge in [-0.2, -0.15) is 0 Å². The summed E-state index contributed by atoms with van der Waals surface area (Å²) < 4.78 is 28.1. The van der Waals surface area contributed by atoms with Gasteiger partial charge < -0.3 is 10.2 Å². The molecule has 0 aliphatic carbocycles. The Kier molecular flexibility index (Phi) is 4.62. The Bertz CT molecular complexity index is 775. The summed E-state index contributed by atoms with van der Waals surface area (Å²) in [4.78, 5) is 25.9. The van der Waals surface area contributed by atoms with Gasteiger partial charge in [0, 0.05) is 23.1 Å². The number of para-hydroxylation sites is 1. The van der Waals surface area contributed by atoms with E-state index in [0.29, 0.717) is 5.69 Å². The van der Waals surface area contributed by atoms with Gasteiger partial charge in [-0.25, -0.2) is 8.78 Å². The Morgan fingerprint density at radius 2 is 1.75 bits per heavy atom. The van der Waals surface area contributed by atoms with Gasteiger partial charge in [0.25, 0.3) is 0 Å². The van der Waals surface area contributed by atoms with Crippen molar-refractivity contribution >= 4 is 39.1 Å². The summed E-state index contributed by atoms with van der Waals surface area (Å²) >= 11 is 3.32. The van der Waals surface area contributed by atoms with E-state index >= 15 is 0 Å². The summed E-state index contributed by atoms with van der Waals surface area (Å²) in [6.45, 7) is 0.169. The first-order chi connectivity index (χ1) is 11.5. The smallest absolute Gasteiger partial charge is 0.229 e. The molecule has 4 nitrogen and oxygen atoms in total. The van der Waals surface area contributed by atoms with Crippen LogP contribution in [0, 0.1) is 17.6 Å². The summed E-state index contributed by atoms with van der Waals surface area (Å²) in [6.07, 6.45) is -0.00201. The molecule has 1 N–H and O–H groups in total. The number of halogens is 3. The van der Waals surface area contributed by atoms with Gasteiger partial charge in [-0.05, 0) is 36.4 Å². The van der Waals surface area contributed by atoms with E-state index < -0.39 is 29.1 Å². The lowest BCUT2D eigenvalue weighted by atomic mass is 10.1. The zero-order valence-electron chi connectivity index (χ0n) is 12.4. The van der Waals surface area contributed by atoms with Crippen LogP contribution < -0.4 is 10.2 Å². The molecule has 1 unspecified atom stereocenters. The highest BCUT2D eigenvalue weighted by Gasteiger charge is 2.35. The average Bonchev–Trinajstić information content (AvgIpc) is 2.94. The second-order valence-electron chi connectivity index (χ2n) is 5.47. The van der Waals surface area contributed by atoms with Crippen LogP contribution in [-0.4, -0.2) is 18.4 Å². The Balaban J connectivity index is 1.73. The second kappa shape index (κ2) is 6.68. The first-order valence-electron chi connectivity index (χ1n) is 7.26. The molecule has 24 heavy (non-hydrogen) atoms. The van der Waals surface area contributed by atoms with Gasteiger partial charge in [-0.15, -0.1) is 0 Å². The number of hydrogen-bond donors (Lipinski definition) is 1. The molecular formula is C17H13BrF2N2O2. The predicted molar refractivity (Wildman–Crippen MR) is 89.6 cm³/mol. The molecule has 0 bridgehead atoms. The van der Waals surface area contributed by atoms with Gasteiger partial charge in [0.1, 0.15) is 17.3 Å². The minimum absolute atomic E-state index is 0.00201. The molecule has 1 fully saturated rings. The van der Waals surface area contributed by atoms with Crippen molar-refractivity contribution in [2.75, 3.05) is 16.8 Å². The number of rotatable bonds is 3. The number of carbonyl (C=O) groups is 2. The largest absolute Gasteiger partial charge is 0.321 e. The summed E-state index contributed by atoms with van der Waals surface area (Å²) in [5.74, 6) is -3.14. The van der Waals surface area contributed by atoms with Crippen LogP contribution >= 0.6 is 15.9 Å². The standard InChI is InChI=1S/C17H13BrF2N2O2/c18-11-4-6-12(7-5-11)22-9-10(8-15(22)23)17(24)21-16-13(19)2-1-3-14(16)20/h1-7,10H,8-9H2,(H,21,24). The lowest BCUT2D eigenvalue weighted by Gasteiger charge is -2.17. The van der Waals surface area contributed by atoms with Gasteiger partial charge in [0.05, 0.1) is 5.92 Å². The molecule has 1 atom stereocenters. The van der Waals surface area contributed by atoms with Crippen molar-refractivity contribution in [3.05, 3.63) is 58.6 Å². The minimum Gasteiger partial charge on any atom is -0.321 e. The molecule has 1 heterocycles. The Morgan fingerprint density at radius 3 is 2.38 bits per heavy atom. The SMILES string of the molecule is O=C(Nc1c(F)cccc1F)C1CC(=O)N(c2ccc(Br)cc2)C1. The monoisotopic (exact) mass is 394 g/mol. The zero-order chi connectivity index (χ0) is 17.3.